The summed E-state index contributed by atoms with van der Waals surface area (Å²) in [5.74, 6) is 0.745. The van der Waals surface area contributed by atoms with Gasteiger partial charge in [-0.05, 0) is 32.2 Å². The van der Waals surface area contributed by atoms with Crippen molar-refractivity contribution in [2.45, 2.75) is 77.7 Å². The van der Waals surface area contributed by atoms with Gasteiger partial charge in [-0.1, -0.05) is 45.4 Å². The molecule has 3 nitrogen and oxygen atoms in total. The van der Waals surface area contributed by atoms with Crippen molar-refractivity contribution < 1.29 is 9.53 Å². The molecular formula is C16H31NO2. The SMILES string of the molecule is CCCCNCC(C)OC(=O)CCC1CCCCC1. The molecule has 1 unspecified atom stereocenters. The van der Waals surface area contributed by atoms with Crippen molar-refractivity contribution in [3.8, 4) is 0 Å². The highest BCUT2D eigenvalue weighted by Crippen LogP contribution is 2.27. The van der Waals surface area contributed by atoms with E-state index in [1.807, 2.05) is 6.92 Å². The standard InChI is InChI=1S/C16H31NO2/c1-3-4-12-17-13-14(2)19-16(18)11-10-15-8-6-5-7-9-15/h14-15,17H,3-13H2,1-2H3. The number of unbranched alkanes of at least 4 members (excludes halogenated alkanes) is 1. The van der Waals surface area contributed by atoms with Crippen LogP contribution in [0.25, 0.3) is 0 Å². The zero-order valence-electron chi connectivity index (χ0n) is 12.7. The van der Waals surface area contributed by atoms with Crippen LogP contribution in [0.2, 0.25) is 0 Å². The minimum Gasteiger partial charge on any atom is -0.461 e. The lowest BCUT2D eigenvalue weighted by Gasteiger charge is -2.21. The largest absolute Gasteiger partial charge is 0.461 e. The predicted molar refractivity (Wildman–Crippen MR) is 79.1 cm³/mol. The van der Waals surface area contributed by atoms with Crippen molar-refractivity contribution in [2.75, 3.05) is 13.1 Å². The van der Waals surface area contributed by atoms with Gasteiger partial charge in [0.15, 0.2) is 0 Å². The first-order chi connectivity index (χ1) is 9.22. The van der Waals surface area contributed by atoms with E-state index in [4.69, 9.17) is 4.74 Å². The molecule has 19 heavy (non-hydrogen) atoms. The highest BCUT2D eigenvalue weighted by Gasteiger charge is 2.16. The van der Waals surface area contributed by atoms with Gasteiger partial charge in [0.2, 0.25) is 0 Å². The van der Waals surface area contributed by atoms with Crippen LogP contribution in [0.3, 0.4) is 0 Å². The molecule has 1 aliphatic carbocycles. The number of ether oxygens (including phenoxy) is 1. The van der Waals surface area contributed by atoms with Gasteiger partial charge in [-0.3, -0.25) is 4.79 Å². The van der Waals surface area contributed by atoms with E-state index in [0.29, 0.717) is 6.42 Å². The Morgan fingerprint density at radius 1 is 1.32 bits per heavy atom. The molecule has 0 amide bonds. The molecule has 1 fully saturated rings. The average Bonchev–Trinajstić information content (AvgIpc) is 2.42. The molecule has 112 valence electrons. The zero-order valence-corrected chi connectivity index (χ0v) is 12.7. The van der Waals surface area contributed by atoms with Gasteiger partial charge in [-0.15, -0.1) is 0 Å². The summed E-state index contributed by atoms with van der Waals surface area (Å²) >= 11 is 0. The second kappa shape index (κ2) is 10.2. The first kappa shape index (κ1) is 16.5. The summed E-state index contributed by atoms with van der Waals surface area (Å²) < 4.78 is 5.42. The Balaban J connectivity index is 2.02. The van der Waals surface area contributed by atoms with Crippen LogP contribution in [0, 0.1) is 5.92 Å². The number of esters is 1. The van der Waals surface area contributed by atoms with Gasteiger partial charge in [0.25, 0.3) is 0 Å². The van der Waals surface area contributed by atoms with Crippen molar-refractivity contribution in [3.05, 3.63) is 0 Å². The van der Waals surface area contributed by atoms with Crippen LogP contribution >= 0.6 is 0 Å². The van der Waals surface area contributed by atoms with Gasteiger partial charge in [-0.2, -0.15) is 0 Å². The zero-order chi connectivity index (χ0) is 13.9. The smallest absolute Gasteiger partial charge is 0.306 e. The second-order valence-electron chi connectivity index (χ2n) is 5.90. The predicted octanol–water partition coefficient (Wildman–Crippen LogP) is 3.67. The van der Waals surface area contributed by atoms with E-state index < -0.39 is 0 Å². The van der Waals surface area contributed by atoms with Gasteiger partial charge in [0.05, 0.1) is 0 Å². The fourth-order valence-electron chi connectivity index (χ4n) is 2.73. The fraction of sp³-hybridized carbons (Fsp3) is 0.938. The van der Waals surface area contributed by atoms with Crippen LogP contribution in [0.5, 0.6) is 0 Å². The van der Waals surface area contributed by atoms with Crippen molar-refractivity contribution in [3.63, 3.8) is 0 Å². The minimum atomic E-state index is -0.0182. The Kier molecular flexibility index (Phi) is 8.89. The van der Waals surface area contributed by atoms with Gasteiger partial charge < -0.3 is 10.1 Å². The quantitative estimate of drug-likeness (QED) is 0.513. The minimum absolute atomic E-state index is 0.00397. The summed E-state index contributed by atoms with van der Waals surface area (Å²) in [6.45, 7) is 5.93. The second-order valence-corrected chi connectivity index (χ2v) is 5.90. The molecule has 0 heterocycles. The third-order valence-corrected chi connectivity index (χ3v) is 3.95. The van der Waals surface area contributed by atoms with E-state index in [0.717, 1.165) is 25.4 Å². The lowest BCUT2D eigenvalue weighted by Crippen LogP contribution is -2.29. The maximum atomic E-state index is 11.7. The summed E-state index contributed by atoms with van der Waals surface area (Å²) in [4.78, 5) is 11.7. The van der Waals surface area contributed by atoms with Crippen LogP contribution in [0.15, 0.2) is 0 Å². The summed E-state index contributed by atoms with van der Waals surface area (Å²) in [6.07, 6.45) is 10.7. The van der Waals surface area contributed by atoms with E-state index >= 15 is 0 Å². The maximum absolute atomic E-state index is 11.7. The molecule has 0 radical (unpaired) electrons. The summed E-state index contributed by atoms with van der Waals surface area (Å²) in [6, 6.07) is 0. The van der Waals surface area contributed by atoms with E-state index in [2.05, 4.69) is 12.2 Å². The van der Waals surface area contributed by atoms with E-state index in [1.165, 1.54) is 44.9 Å². The molecule has 0 spiro atoms. The van der Waals surface area contributed by atoms with Crippen molar-refractivity contribution in [1.29, 1.82) is 0 Å². The van der Waals surface area contributed by atoms with Gasteiger partial charge in [-0.25, -0.2) is 0 Å². The third-order valence-electron chi connectivity index (χ3n) is 3.95. The lowest BCUT2D eigenvalue weighted by molar-refractivity contribution is -0.148. The highest BCUT2D eigenvalue weighted by molar-refractivity contribution is 5.69. The molecule has 0 bridgehead atoms. The molecule has 0 aromatic rings. The maximum Gasteiger partial charge on any atom is 0.306 e. The van der Waals surface area contributed by atoms with Gasteiger partial charge >= 0.3 is 5.97 Å². The van der Waals surface area contributed by atoms with Gasteiger partial charge in [0, 0.05) is 13.0 Å². The molecule has 0 aromatic carbocycles. The number of hydrogen-bond donors (Lipinski definition) is 1. The first-order valence-corrected chi connectivity index (χ1v) is 8.12. The number of carbonyl (C=O) groups excluding carboxylic acids is 1. The molecule has 3 heteroatoms. The number of carbonyl (C=O) groups is 1. The Hall–Kier alpha value is -0.570. The monoisotopic (exact) mass is 269 g/mol. The molecule has 1 N–H and O–H groups in total. The Labute approximate surface area is 118 Å². The molecule has 0 aromatic heterocycles. The molecule has 1 aliphatic rings. The molecule has 0 aliphatic heterocycles. The average molecular weight is 269 g/mol. The van der Waals surface area contributed by atoms with Crippen LogP contribution in [0.1, 0.15) is 71.6 Å². The van der Waals surface area contributed by atoms with Gasteiger partial charge in [0.1, 0.15) is 6.10 Å². The van der Waals surface area contributed by atoms with Crippen molar-refractivity contribution in [1.82, 2.24) is 5.32 Å². The van der Waals surface area contributed by atoms with E-state index in [1.54, 1.807) is 0 Å². The molecule has 1 saturated carbocycles. The topological polar surface area (TPSA) is 38.3 Å². The van der Waals surface area contributed by atoms with Crippen molar-refractivity contribution in [2.24, 2.45) is 5.92 Å². The molecular weight excluding hydrogens is 238 g/mol. The first-order valence-electron chi connectivity index (χ1n) is 8.12. The summed E-state index contributed by atoms with van der Waals surface area (Å²) in [5.41, 5.74) is 0. The van der Waals surface area contributed by atoms with Crippen molar-refractivity contribution >= 4 is 5.97 Å². The summed E-state index contributed by atoms with van der Waals surface area (Å²) in [5, 5.41) is 3.32. The number of nitrogens with one attached hydrogen (secondary N) is 1. The van der Waals surface area contributed by atoms with E-state index in [9.17, 15) is 4.79 Å². The molecule has 1 rings (SSSR count). The van der Waals surface area contributed by atoms with Crippen LogP contribution in [-0.4, -0.2) is 25.2 Å². The molecule has 0 saturated heterocycles. The Morgan fingerprint density at radius 2 is 2.05 bits per heavy atom. The highest BCUT2D eigenvalue weighted by atomic mass is 16.5. The lowest BCUT2D eigenvalue weighted by atomic mass is 9.86. The van der Waals surface area contributed by atoms with Crippen LogP contribution < -0.4 is 5.32 Å². The fourth-order valence-corrected chi connectivity index (χ4v) is 2.73. The Bertz CT molecular complexity index is 237. The third kappa shape index (κ3) is 8.25. The number of rotatable bonds is 9. The molecule has 1 atom stereocenters. The normalized spacial score (nSPS) is 18.2. The van der Waals surface area contributed by atoms with E-state index in [-0.39, 0.29) is 12.1 Å². The van der Waals surface area contributed by atoms with Crippen LogP contribution in [-0.2, 0) is 9.53 Å². The summed E-state index contributed by atoms with van der Waals surface area (Å²) in [7, 11) is 0. The van der Waals surface area contributed by atoms with Crippen LogP contribution in [0.4, 0.5) is 0 Å². The number of hydrogen-bond acceptors (Lipinski definition) is 3. The Morgan fingerprint density at radius 3 is 2.74 bits per heavy atom.